The second-order valence-electron chi connectivity index (χ2n) is 6.80. The Morgan fingerprint density at radius 3 is 2.36 bits per heavy atom. The quantitative estimate of drug-likeness (QED) is 0.465. The molecular weight excluding hydrogens is 379 g/mol. The van der Waals surface area contributed by atoms with Gasteiger partial charge >= 0.3 is 0 Å². The van der Waals surface area contributed by atoms with Crippen molar-refractivity contribution in [2.24, 2.45) is 10.9 Å². The summed E-state index contributed by atoms with van der Waals surface area (Å²) in [6, 6.07) is 12.5. The zero-order valence-electron chi connectivity index (χ0n) is 16.4. The molecule has 8 heteroatoms. The number of nitrogens with zero attached hydrogens (tertiary/aromatic N) is 1. The van der Waals surface area contributed by atoms with Crippen LogP contribution in [0.15, 0.2) is 58.4 Å². The van der Waals surface area contributed by atoms with E-state index in [-0.39, 0.29) is 11.4 Å². The highest BCUT2D eigenvalue weighted by atomic mass is 32.2. The number of rotatable bonds is 8. The molecule has 2 aromatic rings. The number of guanidine groups is 1. The van der Waals surface area contributed by atoms with Crippen molar-refractivity contribution in [3.8, 4) is 0 Å². The fourth-order valence-corrected chi connectivity index (χ4v) is 3.53. The van der Waals surface area contributed by atoms with Crippen molar-refractivity contribution in [1.82, 2.24) is 15.4 Å². The fourth-order valence-electron chi connectivity index (χ4n) is 2.44. The Balaban J connectivity index is 2.00. The Morgan fingerprint density at radius 1 is 1.04 bits per heavy atom. The molecule has 0 aliphatic heterocycles. The predicted molar refractivity (Wildman–Crippen MR) is 110 cm³/mol. The summed E-state index contributed by atoms with van der Waals surface area (Å²) in [5.74, 6) is 0.742. The number of sulfonamides is 1. The lowest BCUT2D eigenvalue weighted by Gasteiger charge is -2.14. The summed E-state index contributed by atoms with van der Waals surface area (Å²) in [5, 5.41) is 6.37. The first-order valence-electron chi connectivity index (χ1n) is 9.07. The minimum absolute atomic E-state index is 0.0222. The first-order chi connectivity index (χ1) is 13.3. The molecule has 6 nitrogen and oxygen atoms in total. The molecule has 0 atom stereocenters. The van der Waals surface area contributed by atoms with Crippen LogP contribution in [-0.2, 0) is 23.1 Å². The van der Waals surface area contributed by atoms with E-state index < -0.39 is 15.8 Å². The molecule has 0 aliphatic rings. The zero-order chi connectivity index (χ0) is 20.6. The summed E-state index contributed by atoms with van der Waals surface area (Å²) >= 11 is 0. The van der Waals surface area contributed by atoms with Gasteiger partial charge in [-0.2, -0.15) is 0 Å². The van der Waals surface area contributed by atoms with Gasteiger partial charge in [0.15, 0.2) is 5.96 Å². The van der Waals surface area contributed by atoms with Crippen molar-refractivity contribution < 1.29 is 12.8 Å². The highest BCUT2D eigenvalue weighted by Gasteiger charge is 2.14. The van der Waals surface area contributed by atoms with Crippen LogP contribution < -0.4 is 15.4 Å². The second kappa shape index (κ2) is 10.2. The molecule has 0 aliphatic carbocycles. The number of hydrogen-bond donors (Lipinski definition) is 3. The van der Waals surface area contributed by atoms with Crippen LogP contribution in [0, 0.1) is 11.7 Å². The summed E-state index contributed by atoms with van der Waals surface area (Å²) in [4.78, 5) is 4.31. The standard InChI is InChI=1S/C20H27FN4O2S/c1-15(2)12-23-20(22-3)24-13-17-7-5-9-19(11-17)28(26,27)25-14-16-6-4-8-18(21)10-16/h4-11,15,25H,12-14H2,1-3H3,(H2,22,23,24). The van der Waals surface area contributed by atoms with Crippen LogP contribution in [-0.4, -0.2) is 28.0 Å². The Hall–Kier alpha value is -2.45. The summed E-state index contributed by atoms with van der Waals surface area (Å²) < 4.78 is 40.9. The van der Waals surface area contributed by atoms with Crippen LogP contribution in [0.4, 0.5) is 4.39 Å². The third-order valence-electron chi connectivity index (χ3n) is 3.93. The van der Waals surface area contributed by atoms with Gasteiger partial charge in [-0.15, -0.1) is 0 Å². The zero-order valence-corrected chi connectivity index (χ0v) is 17.2. The fraction of sp³-hybridized carbons (Fsp3) is 0.350. The van der Waals surface area contributed by atoms with Gasteiger partial charge in [0.25, 0.3) is 0 Å². The van der Waals surface area contributed by atoms with Crippen molar-refractivity contribution >= 4 is 16.0 Å². The van der Waals surface area contributed by atoms with E-state index in [1.165, 1.54) is 18.2 Å². The van der Waals surface area contributed by atoms with Gasteiger partial charge in [0.2, 0.25) is 10.0 Å². The molecule has 0 heterocycles. The lowest BCUT2D eigenvalue weighted by Crippen LogP contribution is -2.38. The average Bonchev–Trinajstić information content (AvgIpc) is 2.67. The lowest BCUT2D eigenvalue weighted by atomic mass is 10.2. The molecule has 0 spiro atoms. The predicted octanol–water partition coefficient (Wildman–Crippen LogP) is 2.63. The molecule has 0 amide bonds. The minimum atomic E-state index is -3.71. The summed E-state index contributed by atoms with van der Waals surface area (Å²) in [5.41, 5.74) is 1.36. The van der Waals surface area contributed by atoms with Crippen molar-refractivity contribution in [3.63, 3.8) is 0 Å². The van der Waals surface area contributed by atoms with Crippen molar-refractivity contribution in [1.29, 1.82) is 0 Å². The van der Waals surface area contributed by atoms with Crippen LogP contribution >= 0.6 is 0 Å². The van der Waals surface area contributed by atoms with Gasteiger partial charge in [-0.05, 0) is 41.3 Å². The second-order valence-corrected chi connectivity index (χ2v) is 8.57. The highest BCUT2D eigenvalue weighted by Crippen LogP contribution is 2.13. The van der Waals surface area contributed by atoms with Gasteiger partial charge in [0.05, 0.1) is 4.90 Å². The molecule has 0 saturated carbocycles. The molecule has 0 bridgehead atoms. The Kier molecular flexibility index (Phi) is 7.95. The molecule has 2 aromatic carbocycles. The van der Waals surface area contributed by atoms with Crippen molar-refractivity contribution in [3.05, 3.63) is 65.5 Å². The van der Waals surface area contributed by atoms with E-state index in [4.69, 9.17) is 0 Å². The van der Waals surface area contributed by atoms with Crippen molar-refractivity contribution in [2.75, 3.05) is 13.6 Å². The van der Waals surface area contributed by atoms with Crippen LogP contribution in [0.3, 0.4) is 0 Å². The summed E-state index contributed by atoms with van der Waals surface area (Å²) in [6.07, 6.45) is 0. The number of aliphatic imine (C=N–C) groups is 1. The molecular formula is C20H27FN4O2S. The SMILES string of the molecule is CN=C(NCc1cccc(S(=O)(=O)NCc2cccc(F)c2)c1)NCC(C)C. The van der Waals surface area contributed by atoms with Crippen molar-refractivity contribution in [2.45, 2.75) is 31.8 Å². The maximum atomic E-state index is 13.2. The van der Waals surface area contributed by atoms with Crippen LogP contribution in [0.1, 0.15) is 25.0 Å². The van der Waals surface area contributed by atoms with Crippen LogP contribution in [0.5, 0.6) is 0 Å². The minimum Gasteiger partial charge on any atom is -0.356 e. The maximum Gasteiger partial charge on any atom is 0.240 e. The Bertz CT molecular complexity index is 914. The Labute approximate surface area is 166 Å². The largest absolute Gasteiger partial charge is 0.356 e. The first kappa shape index (κ1) is 21.8. The Morgan fingerprint density at radius 2 is 1.71 bits per heavy atom. The normalized spacial score (nSPS) is 12.2. The first-order valence-corrected chi connectivity index (χ1v) is 10.6. The number of benzene rings is 2. The van der Waals surface area contributed by atoms with Gasteiger partial charge in [-0.1, -0.05) is 38.1 Å². The topological polar surface area (TPSA) is 82.6 Å². The van der Waals surface area contributed by atoms with Crippen LogP contribution in [0.25, 0.3) is 0 Å². The molecule has 3 N–H and O–H groups in total. The van der Waals surface area contributed by atoms with E-state index in [2.05, 4.69) is 34.2 Å². The van der Waals surface area contributed by atoms with Gasteiger partial charge in [0.1, 0.15) is 5.82 Å². The average molecular weight is 407 g/mol. The molecule has 0 saturated heterocycles. The molecule has 0 aromatic heterocycles. The van der Waals surface area contributed by atoms with E-state index in [1.807, 2.05) is 6.07 Å². The third kappa shape index (κ3) is 6.94. The molecule has 28 heavy (non-hydrogen) atoms. The van der Waals surface area contributed by atoms with Crippen LogP contribution in [0.2, 0.25) is 0 Å². The monoisotopic (exact) mass is 406 g/mol. The molecule has 0 radical (unpaired) electrons. The molecule has 152 valence electrons. The number of hydrogen-bond acceptors (Lipinski definition) is 3. The van der Waals surface area contributed by atoms with E-state index in [9.17, 15) is 12.8 Å². The maximum absolute atomic E-state index is 13.2. The van der Waals surface area contributed by atoms with E-state index >= 15 is 0 Å². The summed E-state index contributed by atoms with van der Waals surface area (Å²) in [7, 11) is -2.02. The van der Waals surface area contributed by atoms with Gasteiger partial charge in [-0.25, -0.2) is 17.5 Å². The summed E-state index contributed by atoms with van der Waals surface area (Å²) in [6.45, 7) is 5.45. The van der Waals surface area contributed by atoms with Gasteiger partial charge < -0.3 is 10.6 Å². The van der Waals surface area contributed by atoms with Gasteiger partial charge in [0, 0.05) is 26.7 Å². The van der Waals surface area contributed by atoms with E-state index in [0.29, 0.717) is 24.0 Å². The lowest BCUT2D eigenvalue weighted by molar-refractivity contribution is 0.580. The number of nitrogens with one attached hydrogen (secondary N) is 3. The molecule has 0 unspecified atom stereocenters. The smallest absolute Gasteiger partial charge is 0.240 e. The highest BCUT2D eigenvalue weighted by molar-refractivity contribution is 7.89. The third-order valence-corrected chi connectivity index (χ3v) is 5.32. The van der Waals surface area contributed by atoms with E-state index in [1.54, 1.807) is 31.3 Å². The number of halogens is 1. The molecule has 0 fully saturated rings. The van der Waals surface area contributed by atoms with E-state index in [0.717, 1.165) is 12.1 Å². The molecule has 2 rings (SSSR count). The van der Waals surface area contributed by atoms with Gasteiger partial charge in [-0.3, -0.25) is 4.99 Å².